The second-order valence-corrected chi connectivity index (χ2v) is 4.25. The van der Waals surface area contributed by atoms with Gasteiger partial charge in [-0.15, -0.1) is 0 Å². The van der Waals surface area contributed by atoms with Crippen molar-refractivity contribution in [2.75, 3.05) is 26.3 Å². The van der Waals surface area contributed by atoms with Gasteiger partial charge in [-0.05, 0) is 5.56 Å². The summed E-state index contributed by atoms with van der Waals surface area (Å²) in [7, 11) is 0. The van der Waals surface area contributed by atoms with Crippen LogP contribution >= 0.6 is 0 Å². The number of nitrogens with zero attached hydrogens (tertiary/aromatic N) is 1. The highest BCUT2D eigenvalue weighted by molar-refractivity contribution is 5.98. The van der Waals surface area contributed by atoms with E-state index in [2.05, 4.69) is 4.90 Å². The number of carbonyl (C=O) groups is 1. The number of morpholine rings is 1. The molecular weight excluding hydrogens is 240 g/mol. The minimum atomic E-state index is -2.94. The highest BCUT2D eigenvalue weighted by Gasteiger charge is 2.17. The number of carbonyl (C=O) groups excluding carboxylic acids is 1. The number of benzene rings is 1. The molecule has 1 fully saturated rings. The molecule has 98 valence electrons. The molecule has 1 saturated heterocycles. The van der Waals surface area contributed by atoms with Gasteiger partial charge >= 0.3 is 6.43 Å². The fourth-order valence-corrected chi connectivity index (χ4v) is 1.92. The van der Waals surface area contributed by atoms with Gasteiger partial charge < -0.3 is 4.74 Å². The molecule has 0 spiro atoms. The van der Waals surface area contributed by atoms with E-state index in [1.165, 1.54) is 12.1 Å². The summed E-state index contributed by atoms with van der Waals surface area (Å²) in [6.45, 7) is 3.95. The largest absolute Gasteiger partial charge is 0.379 e. The molecular formula is C13H15F2NO2. The van der Waals surface area contributed by atoms with Crippen LogP contribution in [-0.2, 0) is 11.3 Å². The first kappa shape index (κ1) is 13.1. The van der Waals surface area contributed by atoms with E-state index in [0.29, 0.717) is 0 Å². The van der Waals surface area contributed by atoms with Crippen molar-refractivity contribution in [3.8, 4) is 0 Å². The highest BCUT2D eigenvalue weighted by atomic mass is 19.3. The Balaban J connectivity index is 1.96. The molecule has 18 heavy (non-hydrogen) atoms. The average molecular weight is 255 g/mol. The topological polar surface area (TPSA) is 29.5 Å². The maximum atomic E-state index is 12.2. The average Bonchev–Trinajstić information content (AvgIpc) is 2.40. The number of Topliss-reactive ketones (excluding diaryl/α,β-unsaturated/α-hetero) is 1. The third kappa shape index (κ3) is 3.34. The van der Waals surface area contributed by atoms with E-state index in [1.807, 2.05) is 0 Å². The molecule has 1 aromatic rings. The number of hydrogen-bond acceptors (Lipinski definition) is 3. The lowest BCUT2D eigenvalue weighted by Crippen LogP contribution is -2.35. The second kappa shape index (κ2) is 6.02. The van der Waals surface area contributed by atoms with E-state index in [1.54, 1.807) is 12.1 Å². The predicted molar refractivity (Wildman–Crippen MR) is 62.9 cm³/mol. The van der Waals surface area contributed by atoms with Crippen molar-refractivity contribution in [3.05, 3.63) is 35.4 Å². The number of ketones is 1. The Bertz CT molecular complexity index is 400. The van der Waals surface area contributed by atoms with Crippen LogP contribution in [0.3, 0.4) is 0 Å². The van der Waals surface area contributed by atoms with Crippen molar-refractivity contribution < 1.29 is 18.3 Å². The summed E-state index contributed by atoms with van der Waals surface area (Å²) in [4.78, 5) is 13.3. The lowest BCUT2D eigenvalue weighted by molar-refractivity contribution is 0.0342. The molecule has 0 bridgehead atoms. The monoisotopic (exact) mass is 255 g/mol. The lowest BCUT2D eigenvalue weighted by atomic mass is 10.1. The summed E-state index contributed by atoms with van der Waals surface area (Å²) in [5, 5.41) is 0. The van der Waals surface area contributed by atoms with Crippen LogP contribution in [0.4, 0.5) is 8.78 Å². The minimum Gasteiger partial charge on any atom is -0.379 e. The zero-order valence-electron chi connectivity index (χ0n) is 9.94. The van der Waals surface area contributed by atoms with E-state index in [-0.39, 0.29) is 5.56 Å². The molecule has 3 nitrogen and oxygen atoms in total. The van der Waals surface area contributed by atoms with Gasteiger partial charge in [-0.2, -0.15) is 0 Å². The van der Waals surface area contributed by atoms with Crippen LogP contribution < -0.4 is 0 Å². The highest BCUT2D eigenvalue weighted by Crippen LogP contribution is 2.12. The van der Waals surface area contributed by atoms with Crippen LogP contribution in [0, 0.1) is 0 Å². The Morgan fingerprint density at radius 2 is 1.83 bits per heavy atom. The van der Waals surface area contributed by atoms with Crippen LogP contribution in [0.1, 0.15) is 15.9 Å². The second-order valence-electron chi connectivity index (χ2n) is 4.25. The molecule has 0 unspecified atom stereocenters. The van der Waals surface area contributed by atoms with Crippen molar-refractivity contribution in [1.29, 1.82) is 0 Å². The normalized spacial score (nSPS) is 17.1. The third-order valence-electron chi connectivity index (χ3n) is 2.95. The van der Waals surface area contributed by atoms with Crippen LogP contribution in [0.5, 0.6) is 0 Å². The Morgan fingerprint density at radius 1 is 1.22 bits per heavy atom. The predicted octanol–water partition coefficient (Wildman–Crippen LogP) is 1.97. The van der Waals surface area contributed by atoms with Crippen LogP contribution in [0.15, 0.2) is 24.3 Å². The first-order valence-corrected chi connectivity index (χ1v) is 5.88. The molecule has 0 N–H and O–H groups in total. The van der Waals surface area contributed by atoms with Crippen molar-refractivity contribution in [1.82, 2.24) is 4.90 Å². The van der Waals surface area contributed by atoms with E-state index >= 15 is 0 Å². The van der Waals surface area contributed by atoms with Gasteiger partial charge in [-0.25, -0.2) is 8.78 Å². The molecule has 0 radical (unpaired) electrons. The Kier molecular flexibility index (Phi) is 4.38. The fourth-order valence-electron chi connectivity index (χ4n) is 1.92. The van der Waals surface area contributed by atoms with Gasteiger partial charge in [0.05, 0.1) is 13.2 Å². The zero-order chi connectivity index (χ0) is 13.0. The Labute approximate surface area is 104 Å². The van der Waals surface area contributed by atoms with Gasteiger partial charge in [-0.3, -0.25) is 9.69 Å². The zero-order valence-corrected chi connectivity index (χ0v) is 9.94. The number of halogens is 2. The molecule has 5 heteroatoms. The van der Waals surface area contributed by atoms with E-state index < -0.39 is 12.2 Å². The van der Waals surface area contributed by atoms with E-state index in [9.17, 15) is 13.6 Å². The maximum absolute atomic E-state index is 12.2. The Morgan fingerprint density at radius 3 is 2.39 bits per heavy atom. The maximum Gasteiger partial charge on any atom is 0.300 e. The van der Waals surface area contributed by atoms with Gasteiger partial charge in [0.25, 0.3) is 0 Å². The number of rotatable bonds is 4. The smallest absolute Gasteiger partial charge is 0.300 e. The molecule has 0 saturated carbocycles. The van der Waals surface area contributed by atoms with E-state index in [4.69, 9.17) is 4.74 Å². The summed E-state index contributed by atoms with van der Waals surface area (Å²) in [6, 6.07) is 6.38. The van der Waals surface area contributed by atoms with Crippen LogP contribution in [-0.4, -0.2) is 43.4 Å². The van der Waals surface area contributed by atoms with Crippen LogP contribution in [0.25, 0.3) is 0 Å². The number of alkyl halides is 2. The van der Waals surface area contributed by atoms with Crippen molar-refractivity contribution in [2.45, 2.75) is 13.0 Å². The fraction of sp³-hybridized carbons (Fsp3) is 0.462. The molecule has 1 aliphatic rings. The van der Waals surface area contributed by atoms with E-state index in [0.717, 1.165) is 38.4 Å². The van der Waals surface area contributed by atoms with Crippen molar-refractivity contribution >= 4 is 5.78 Å². The van der Waals surface area contributed by atoms with Gasteiger partial charge in [0.2, 0.25) is 5.78 Å². The number of hydrogen-bond donors (Lipinski definition) is 0. The standard InChI is InChI=1S/C13H15F2NO2/c14-13(15)12(17)11-3-1-10(2-4-11)9-16-5-7-18-8-6-16/h1-4,13H,5-9H2. The summed E-state index contributed by atoms with van der Waals surface area (Å²) in [6.07, 6.45) is -2.94. The van der Waals surface area contributed by atoms with Crippen molar-refractivity contribution in [2.24, 2.45) is 0 Å². The third-order valence-corrected chi connectivity index (χ3v) is 2.95. The Hall–Kier alpha value is -1.33. The molecule has 0 amide bonds. The summed E-state index contributed by atoms with van der Waals surface area (Å²) in [5.41, 5.74) is 1.08. The van der Waals surface area contributed by atoms with Gasteiger partial charge in [0, 0.05) is 25.2 Å². The minimum absolute atomic E-state index is 0.0655. The molecule has 0 aromatic heterocycles. The summed E-state index contributed by atoms with van der Waals surface area (Å²) in [5.74, 6) is -1.12. The van der Waals surface area contributed by atoms with Gasteiger partial charge in [-0.1, -0.05) is 24.3 Å². The van der Waals surface area contributed by atoms with Crippen LogP contribution in [0.2, 0.25) is 0 Å². The van der Waals surface area contributed by atoms with Gasteiger partial charge in [0.15, 0.2) is 0 Å². The van der Waals surface area contributed by atoms with Crippen molar-refractivity contribution in [3.63, 3.8) is 0 Å². The molecule has 1 aliphatic heterocycles. The molecule has 2 rings (SSSR count). The molecule has 1 heterocycles. The molecule has 0 aliphatic carbocycles. The quantitative estimate of drug-likeness (QED) is 0.770. The van der Waals surface area contributed by atoms with Gasteiger partial charge in [0.1, 0.15) is 0 Å². The first-order chi connectivity index (χ1) is 8.66. The number of ether oxygens (including phenoxy) is 1. The summed E-state index contributed by atoms with van der Waals surface area (Å²) >= 11 is 0. The molecule has 1 aromatic carbocycles. The first-order valence-electron chi connectivity index (χ1n) is 5.88. The molecule has 0 atom stereocenters. The SMILES string of the molecule is O=C(c1ccc(CN2CCOCC2)cc1)C(F)F. The summed E-state index contributed by atoms with van der Waals surface area (Å²) < 4.78 is 29.7. The lowest BCUT2D eigenvalue weighted by Gasteiger charge is -2.26.